The van der Waals surface area contributed by atoms with E-state index in [0.717, 1.165) is 17.3 Å². The van der Waals surface area contributed by atoms with Crippen molar-refractivity contribution in [2.45, 2.75) is 31.4 Å². The van der Waals surface area contributed by atoms with Gasteiger partial charge in [0.1, 0.15) is 5.82 Å². The van der Waals surface area contributed by atoms with E-state index in [4.69, 9.17) is 0 Å². The van der Waals surface area contributed by atoms with Crippen LogP contribution in [0.4, 0.5) is 0 Å². The van der Waals surface area contributed by atoms with Crippen molar-refractivity contribution in [2.24, 2.45) is 7.05 Å². The fraction of sp³-hybridized carbons (Fsp3) is 0.583. The minimum atomic E-state index is -0.966. The second-order valence-electron chi connectivity index (χ2n) is 5.89. The van der Waals surface area contributed by atoms with Gasteiger partial charge in [-0.25, -0.2) is 0 Å². The first-order valence-electron chi connectivity index (χ1n) is 6.35. The van der Waals surface area contributed by atoms with Crippen LogP contribution in [-0.4, -0.2) is 33.0 Å². The van der Waals surface area contributed by atoms with Gasteiger partial charge in [0.05, 0.1) is 5.75 Å². The standard InChI is InChI=1S/C12H20N4OSSi/c1-15-5-6-16-10(13-14-11(16)12(15)17)9-18-7-8-19(2,3)4/h5-6H,7-9H2,1-4H3. The van der Waals surface area contributed by atoms with Crippen LogP contribution < -0.4 is 5.56 Å². The van der Waals surface area contributed by atoms with Crippen molar-refractivity contribution in [2.75, 3.05) is 5.75 Å². The largest absolute Gasteiger partial charge is 0.314 e. The number of rotatable bonds is 5. The first-order valence-corrected chi connectivity index (χ1v) is 11.2. The second kappa shape index (κ2) is 5.50. The van der Waals surface area contributed by atoms with E-state index in [1.807, 2.05) is 18.0 Å². The molecule has 0 spiro atoms. The normalized spacial score (nSPS) is 12.2. The Morgan fingerprint density at radius 3 is 2.68 bits per heavy atom. The first kappa shape index (κ1) is 14.3. The van der Waals surface area contributed by atoms with E-state index in [1.54, 1.807) is 17.6 Å². The van der Waals surface area contributed by atoms with Gasteiger partial charge in [0.2, 0.25) is 5.65 Å². The van der Waals surface area contributed by atoms with Crippen LogP contribution in [0.15, 0.2) is 17.2 Å². The predicted molar refractivity (Wildman–Crippen MR) is 82.5 cm³/mol. The summed E-state index contributed by atoms with van der Waals surface area (Å²) >= 11 is 1.87. The summed E-state index contributed by atoms with van der Waals surface area (Å²) in [5.74, 6) is 2.81. The molecule has 0 atom stereocenters. The average molecular weight is 296 g/mol. The lowest BCUT2D eigenvalue weighted by Crippen LogP contribution is -2.20. The smallest absolute Gasteiger partial charge is 0.295 e. The quantitative estimate of drug-likeness (QED) is 0.625. The molecule has 7 heteroatoms. The van der Waals surface area contributed by atoms with Gasteiger partial charge in [0, 0.05) is 27.5 Å². The third kappa shape index (κ3) is 3.47. The lowest BCUT2D eigenvalue weighted by Gasteiger charge is -2.14. The first-order chi connectivity index (χ1) is 8.88. The molecule has 0 fully saturated rings. The fourth-order valence-corrected chi connectivity index (χ4v) is 5.21. The minimum absolute atomic E-state index is 0.103. The molecule has 2 aromatic rings. The van der Waals surface area contributed by atoms with Crippen molar-refractivity contribution in [3.63, 3.8) is 0 Å². The number of aromatic nitrogens is 4. The number of hydrogen-bond donors (Lipinski definition) is 0. The maximum absolute atomic E-state index is 11.8. The predicted octanol–water partition coefficient (Wildman–Crippen LogP) is 2.00. The summed E-state index contributed by atoms with van der Waals surface area (Å²) < 4.78 is 3.32. The zero-order chi connectivity index (χ0) is 14.0. The summed E-state index contributed by atoms with van der Waals surface area (Å²) in [5, 5.41) is 8.10. The number of hydrogen-bond acceptors (Lipinski definition) is 4. The molecule has 104 valence electrons. The van der Waals surface area contributed by atoms with E-state index in [9.17, 15) is 4.79 Å². The molecule has 0 N–H and O–H groups in total. The molecule has 2 aromatic heterocycles. The van der Waals surface area contributed by atoms with Gasteiger partial charge in [-0.15, -0.1) is 10.2 Å². The molecule has 0 amide bonds. The van der Waals surface area contributed by atoms with Gasteiger partial charge in [0.15, 0.2) is 0 Å². The number of thioether (sulfide) groups is 1. The fourth-order valence-electron chi connectivity index (χ4n) is 1.66. The monoisotopic (exact) mass is 296 g/mol. The second-order valence-corrected chi connectivity index (χ2v) is 12.6. The number of fused-ring (bicyclic) bond motifs is 1. The molecular weight excluding hydrogens is 276 g/mol. The van der Waals surface area contributed by atoms with Gasteiger partial charge < -0.3 is 4.57 Å². The lowest BCUT2D eigenvalue weighted by atomic mass is 10.6. The SMILES string of the molecule is Cn1ccn2c(CSCC[Si](C)(C)C)nnc2c1=O. The third-order valence-electron chi connectivity index (χ3n) is 2.94. The summed E-state index contributed by atoms with van der Waals surface area (Å²) in [6.45, 7) is 7.14. The van der Waals surface area contributed by atoms with Crippen LogP contribution in [0.1, 0.15) is 5.82 Å². The maximum Gasteiger partial charge on any atom is 0.295 e. The topological polar surface area (TPSA) is 52.2 Å². The Labute approximate surface area is 118 Å². The Bertz CT molecular complexity index is 629. The minimum Gasteiger partial charge on any atom is -0.314 e. The maximum atomic E-state index is 11.8. The highest BCUT2D eigenvalue weighted by Crippen LogP contribution is 2.17. The highest BCUT2D eigenvalue weighted by Gasteiger charge is 2.13. The molecule has 0 saturated heterocycles. The Hall–Kier alpha value is -1.08. The van der Waals surface area contributed by atoms with Crippen LogP contribution in [0.3, 0.4) is 0 Å². The zero-order valence-electron chi connectivity index (χ0n) is 11.9. The molecular formula is C12H20N4OSSi. The van der Waals surface area contributed by atoms with Crippen LogP contribution in [0.25, 0.3) is 5.65 Å². The molecule has 0 aromatic carbocycles. The van der Waals surface area contributed by atoms with E-state index < -0.39 is 8.07 Å². The summed E-state index contributed by atoms with van der Waals surface area (Å²) in [6.07, 6.45) is 3.60. The van der Waals surface area contributed by atoms with Crippen molar-refractivity contribution < 1.29 is 0 Å². The number of nitrogens with zero attached hydrogens (tertiary/aromatic N) is 4. The third-order valence-corrected chi connectivity index (χ3v) is 6.01. The summed E-state index contributed by atoms with van der Waals surface area (Å²) in [7, 11) is 0.755. The Kier molecular flexibility index (Phi) is 4.15. The van der Waals surface area contributed by atoms with Crippen molar-refractivity contribution in [1.29, 1.82) is 0 Å². The van der Waals surface area contributed by atoms with Gasteiger partial charge in [-0.2, -0.15) is 11.8 Å². The van der Waals surface area contributed by atoms with Crippen LogP contribution in [-0.2, 0) is 12.8 Å². The molecule has 2 rings (SSSR count). The number of aryl methyl sites for hydroxylation is 1. The van der Waals surface area contributed by atoms with E-state index in [2.05, 4.69) is 29.8 Å². The molecule has 19 heavy (non-hydrogen) atoms. The zero-order valence-corrected chi connectivity index (χ0v) is 13.7. The van der Waals surface area contributed by atoms with Crippen LogP contribution in [0.5, 0.6) is 0 Å². The molecule has 5 nitrogen and oxygen atoms in total. The molecule has 0 bridgehead atoms. The highest BCUT2D eigenvalue weighted by molar-refractivity contribution is 7.98. The van der Waals surface area contributed by atoms with E-state index in [1.165, 1.54) is 10.6 Å². The average Bonchev–Trinajstić information content (AvgIpc) is 2.72. The van der Waals surface area contributed by atoms with Crippen LogP contribution in [0, 0.1) is 0 Å². The van der Waals surface area contributed by atoms with Gasteiger partial charge in [-0.05, 0) is 11.8 Å². The lowest BCUT2D eigenvalue weighted by molar-refractivity contribution is 0.837. The van der Waals surface area contributed by atoms with Crippen molar-refractivity contribution in [1.82, 2.24) is 19.2 Å². The van der Waals surface area contributed by atoms with Crippen molar-refractivity contribution >= 4 is 25.5 Å². The Balaban J connectivity index is 2.06. The molecule has 0 unspecified atom stereocenters. The Morgan fingerprint density at radius 2 is 2.00 bits per heavy atom. The van der Waals surface area contributed by atoms with Crippen molar-refractivity contribution in [3.8, 4) is 0 Å². The summed E-state index contributed by atoms with van der Waals surface area (Å²) in [6, 6.07) is 1.30. The van der Waals surface area contributed by atoms with Gasteiger partial charge in [0.25, 0.3) is 5.56 Å². The molecule has 0 saturated carbocycles. The van der Waals surface area contributed by atoms with Crippen LogP contribution >= 0.6 is 11.8 Å². The Morgan fingerprint density at radius 1 is 1.26 bits per heavy atom. The van der Waals surface area contributed by atoms with E-state index in [-0.39, 0.29) is 5.56 Å². The molecule has 0 aliphatic carbocycles. The summed E-state index contributed by atoms with van der Waals surface area (Å²) in [4.78, 5) is 11.8. The van der Waals surface area contributed by atoms with Gasteiger partial charge in [-0.3, -0.25) is 9.20 Å². The molecule has 0 aliphatic rings. The van der Waals surface area contributed by atoms with E-state index >= 15 is 0 Å². The van der Waals surface area contributed by atoms with Crippen LogP contribution in [0.2, 0.25) is 25.7 Å². The van der Waals surface area contributed by atoms with Crippen molar-refractivity contribution in [3.05, 3.63) is 28.6 Å². The molecule has 0 radical (unpaired) electrons. The van der Waals surface area contributed by atoms with Gasteiger partial charge >= 0.3 is 0 Å². The highest BCUT2D eigenvalue weighted by atomic mass is 32.2. The molecule has 2 heterocycles. The van der Waals surface area contributed by atoms with Gasteiger partial charge in [-0.1, -0.05) is 19.6 Å². The van der Waals surface area contributed by atoms with E-state index in [0.29, 0.717) is 5.65 Å². The summed E-state index contributed by atoms with van der Waals surface area (Å²) in [5.41, 5.74) is 0.305. The molecule has 0 aliphatic heterocycles.